The number of ether oxygens (including phenoxy) is 3. The SMILES string of the molecule is CCCOc1ccc([C@H]2OC(=O)N(C3CCC4NCNC4C3)[C@H]2c2ccc(OCCC)cc2)cc1. The van der Waals surface area contributed by atoms with Gasteiger partial charge in [0, 0.05) is 24.8 Å². The van der Waals surface area contributed by atoms with Gasteiger partial charge in [-0.1, -0.05) is 38.1 Å². The third-order valence-corrected chi connectivity index (χ3v) is 7.35. The zero-order valence-electron chi connectivity index (χ0n) is 20.7. The summed E-state index contributed by atoms with van der Waals surface area (Å²) < 4.78 is 17.6. The van der Waals surface area contributed by atoms with E-state index in [4.69, 9.17) is 14.2 Å². The van der Waals surface area contributed by atoms with Crippen LogP contribution in [0.4, 0.5) is 4.79 Å². The molecule has 2 aromatic carbocycles. The predicted molar refractivity (Wildman–Crippen MR) is 135 cm³/mol. The third-order valence-electron chi connectivity index (χ3n) is 7.35. The van der Waals surface area contributed by atoms with Crippen LogP contribution >= 0.6 is 0 Å². The minimum Gasteiger partial charge on any atom is -0.494 e. The van der Waals surface area contributed by atoms with Gasteiger partial charge in [0.1, 0.15) is 17.5 Å². The van der Waals surface area contributed by atoms with E-state index in [9.17, 15) is 4.79 Å². The van der Waals surface area contributed by atoms with E-state index < -0.39 is 0 Å². The normalized spacial score (nSPS) is 28.0. The Morgan fingerprint density at radius 1 is 0.857 bits per heavy atom. The van der Waals surface area contributed by atoms with E-state index >= 15 is 0 Å². The molecule has 3 fully saturated rings. The first kappa shape index (κ1) is 23.9. The highest BCUT2D eigenvalue weighted by atomic mass is 16.6. The smallest absolute Gasteiger partial charge is 0.411 e. The van der Waals surface area contributed by atoms with Crippen LogP contribution in [0.3, 0.4) is 0 Å². The Labute approximate surface area is 208 Å². The monoisotopic (exact) mass is 479 g/mol. The summed E-state index contributed by atoms with van der Waals surface area (Å²) >= 11 is 0. The number of hydrogen-bond acceptors (Lipinski definition) is 6. The number of benzene rings is 2. The lowest BCUT2D eigenvalue weighted by molar-refractivity contribution is 0.120. The number of fused-ring (bicyclic) bond motifs is 1. The summed E-state index contributed by atoms with van der Waals surface area (Å²) in [5.41, 5.74) is 2.05. The van der Waals surface area contributed by atoms with E-state index in [1.54, 1.807) is 0 Å². The van der Waals surface area contributed by atoms with Crippen molar-refractivity contribution in [3.63, 3.8) is 0 Å². The summed E-state index contributed by atoms with van der Waals surface area (Å²) in [7, 11) is 0. The minimum atomic E-state index is -0.377. The third kappa shape index (κ3) is 5.11. The molecular weight excluding hydrogens is 442 g/mol. The molecule has 5 atom stereocenters. The summed E-state index contributed by atoms with van der Waals surface area (Å²) in [4.78, 5) is 15.4. The first-order valence-electron chi connectivity index (χ1n) is 13.1. The van der Waals surface area contributed by atoms with Crippen molar-refractivity contribution in [2.45, 2.75) is 76.2 Å². The fourth-order valence-corrected chi connectivity index (χ4v) is 5.60. The standard InChI is InChI=1S/C28H37N3O4/c1-3-15-33-22-10-5-19(6-11-22)26-27(20-7-12-23(13-8-20)34-16-4-2)35-28(32)31(26)21-9-14-24-25(17-21)30-18-29-24/h5-8,10-13,21,24-27,29-30H,3-4,9,14-18H2,1-2H3/t21?,24?,25?,26-,27+/m0/s1. The quantitative estimate of drug-likeness (QED) is 0.531. The second kappa shape index (κ2) is 10.9. The average Bonchev–Trinajstić information content (AvgIpc) is 3.50. The van der Waals surface area contributed by atoms with E-state index in [2.05, 4.69) is 36.6 Å². The Hall–Kier alpha value is -2.77. The predicted octanol–water partition coefficient (Wildman–Crippen LogP) is 4.94. The molecule has 2 saturated heterocycles. The second-order valence-electron chi connectivity index (χ2n) is 9.76. The van der Waals surface area contributed by atoms with Gasteiger partial charge in [0.05, 0.1) is 13.2 Å². The molecule has 7 nitrogen and oxygen atoms in total. The first-order chi connectivity index (χ1) is 17.2. The minimum absolute atomic E-state index is 0.134. The van der Waals surface area contributed by atoms with Crippen molar-refractivity contribution in [3.8, 4) is 11.5 Å². The largest absolute Gasteiger partial charge is 0.494 e. The fraction of sp³-hybridized carbons (Fsp3) is 0.536. The Kier molecular flexibility index (Phi) is 7.44. The van der Waals surface area contributed by atoms with E-state index in [1.807, 2.05) is 41.3 Å². The van der Waals surface area contributed by atoms with E-state index in [-0.39, 0.29) is 24.3 Å². The van der Waals surface area contributed by atoms with Crippen molar-refractivity contribution in [3.05, 3.63) is 59.7 Å². The molecule has 1 saturated carbocycles. The van der Waals surface area contributed by atoms with E-state index in [0.717, 1.165) is 61.4 Å². The van der Waals surface area contributed by atoms with Gasteiger partial charge in [0.15, 0.2) is 6.10 Å². The molecule has 7 heteroatoms. The van der Waals surface area contributed by atoms with Gasteiger partial charge in [-0.05, 0) is 67.5 Å². The Morgan fingerprint density at radius 2 is 1.46 bits per heavy atom. The van der Waals surface area contributed by atoms with Crippen molar-refractivity contribution in [2.24, 2.45) is 0 Å². The van der Waals surface area contributed by atoms with Crippen LogP contribution in [-0.2, 0) is 4.74 Å². The van der Waals surface area contributed by atoms with Crippen LogP contribution in [0.2, 0.25) is 0 Å². The van der Waals surface area contributed by atoms with Gasteiger partial charge in [-0.3, -0.25) is 4.90 Å². The number of nitrogens with zero attached hydrogens (tertiary/aromatic N) is 1. The summed E-state index contributed by atoms with van der Waals surface area (Å²) in [6.45, 7) is 6.41. The van der Waals surface area contributed by atoms with Crippen LogP contribution in [0.1, 0.15) is 69.2 Å². The van der Waals surface area contributed by atoms with Crippen LogP contribution in [-0.4, -0.2) is 49.0 Å². The molecule has 5 rings (SSSR count). The molecule has 3 aliphatic rings. The van der Waals surface area contributed by atoms with Crippen molar-refractivity contribution in [2.75, 3.05) is 19.9 Å². The van der Waals surface area contributed by atoms with E-state index in [1.165, 1.54) is 0 Å². The van der Waals surface area contributed by atoms with Gasteiger partial charge in [0.2, 0.25) is 0 Å². The van der Waals surface area contributed by atoms with Gasteiger partial charge in [0.25, 0.3) is 0 Å². The number of cyclic esters (lactones) is 1. The molecule has 0 aromatic heterocycles. The molecule has 188 valence electrons. The van der Waals surface area contributed by atoms with Crippen molar-refractivity contribution < 1.29 is 19.0 Å². The van der Waals surface area contributed by atoms with Gasteiger partial charge in [-0.15, -0.1) is 0 Å². The number of carbonyl (C=O) groups excluding carboxylic acids is 1. The summed E-state index contributed by atoms with van der Waals surface area (Å²) in [6.07, 6.45) is 4.27. The summed E-state index contributed by atoms with van der Waals surface area (Å²) in [5.74, 6) is 1.69. The molecule has 0 bridgehead atoms. The van der Waals surface area contributed by atoms with Crippen LogP contribution < -0.4 is 20.1 Å². The fourth-order valence-electron chi connectivity index (χ4n) is 5.60. The Morgan fingerprint density at radius 3 is 2.09 bits per heavy atom. The molecule has 35 heavy (non-hydrogen) atoms. The Bertz CT molecular complexity index is 981. The molecule has 1 amide bonds. The zero-order valence-corrected chi connectivity index (χ0v) is 20.7. The van der Waals surface area contributed by atoms with Gasteiger partial charge in [-0.25, -0.2) is 4.79 Å². The highest BCUT2D eigenvalue weighted by Gasteiger charge is 2.49. The van der Waals surface area contributed by atoms with E-state index in [0.29, 0.717) is 25.3 Å². The molecule has 2 aromatic rings. The number of nitrogens with one attached hydrogen (secondary N) is 2. The molecule has 0 spiro atoms. The maximum Gasteiger partial charge on any atom is 0.411 e. The second-order valence-corrected chi connectivity index (χ2v) is 9.76. The molecule has 3 unspecified atom stereocenters. The van der Waals surface area contributed by atoms with Gasteiger partial charge >= 0.3 is 6.09 Å². The molecule has 0 radical (unpaired) electrons. The summed E-state index contributed by atoms with van der Waals surface area (Å²) in [6, 6.07) is 17.0. The van der Waals surface area contributed by atoms with Crippen molar-refractivity contribution in [1.29, 1.82) is 0 Å². The lowest BCUT2D eigenvalue weighted by Crippen LogP contribution is -2.49. The maximum absolute atomic E-state index is 13.4. The highest BCUT2D eigenvalue weighted by molar-refractivity contribution is 5.72. The van der Waals surface area contributed by atoms with Gasteiger partial charge < -0.3 is 24.8 Å². The lowest BCUT2D eigenvalue weighted by atomic mass is 9.85. The molecule has 2 heterocycles. The van der Waals surface area contributed by atoms with Crippen LogP contribution in [0.25, 0.3) is 0 Å². The number of amides is 1. The van der Waals surface area contributed by atoms with Crippen LogP contribution in [0.5, 0.6) is 11.5 Å². The van der Waals surface area contributed by atoms with Crippen LogP contribution in [0, 0.1) is 0 Å². The molecular formula is C28H37N3O4. The number of hydrogen-bond donors (Lipinski definition) is 2. The highest BCUT2D eigenvalue weighted by Crippen LogP contribution is 2.46. The van der Waals surface area contributed by atoms with Crippen molar-refractivity contribution >= 4 is 6.09 Å². The lowest BCUT2D eigenvalue weighted by Gasteiger charge is -2.38. The van der Waals surface area contributed by atoms with Crippen LogP contribution in [0.15, 0.2) is 48.5 Å². The topological polar surface area (TPSA) is 72.1 Å². The average molecular weight is 480 g/mol. The molecule has 2 aliphatic heterocycles. The molecule has 1 aliphatic carbocycles. The zero-order chi connectivity index (χ0) is 24.2. The Balaban J connectivity index is 1.43. The van der Waals surface area contributed by atoms with Gasteiger partial charge in [-0.2, -0.15) is 0 Å². The molecule has 2 N–H and O–H groups in total. The summed E-state index contributed by atoms with van der Waals surface area (Å²) in [5, 5.41) is 7.08. The first-order valence-corrected chi connectivity index (χ1v) is 13.1. The number of rotatable bonds is 9. The number of carbonyl (C=O) groups is 1. The maximum atomic E-state index is 13.4. The van der Waals surface area contributed by atoms with Crippen molar-refractivity contribution in [1.82, 2.24) is 15.5 Å².